The second kappa shape index (κ2) is 5.15. The van der Waals surface area contributed by atoms with Crippen molar-refractivity contribution in [3.8, 4) is 0 Å². The zero-order valence-electron chi connectivity index (χ0n) is 10.2. The van der Waals surface area contributed by atoms with Crippen LogP contribution in [0, 0.1) is 11.8 Å². The summed E-state index contributed by atoms with van der Waals surface area (Å²) < 4.78 is 5.38. The number of rotatable bonds is 3. The van der Waals surface area contributed by atoms with Gasteiger partial charge in [-0.15, -0.1) is 0 Å². The Morgan fingerprint density at radius 1 is 1.38 bits per heavy atom. The molecule has 1 aliphatic carbocycles. The summed E-state index contributed by atoms with van der Waals surface area (Å²) in [7, 11) is 1.73. The maximum absolute atomic E-state index is 12.1. The van der Waals surface area contributed by atoms with E-state index in [1.165, 1.54) is 0 Å². The monoisotopic (exact) mass is 226 g/mol. The predicted octanol–water partition coefficient (Wildman–Crippen LogP) is 0.526. The molecule has 2 fully saturated rings. The Morgan fingerprint density at radius 3 is 2.81 bits per heavy atom. The molecule has 1 heterocycles. The van der Waals surface area contributed by atoms with Crippen molar-refractivity contribution in [2.45, 2.75) is 38.3 Å². The zero-order chi connectivity index (χ0) is 11.5. The van der Waals surface area contributed by atoms with Gasteiger partial charge >= 0.3 is 0 Å². The van der Waals surface area contributed by atoms with E-state index in [-0.39, 0.29) is 24.0 Å². The first-order valence-corrected chi connectivity index (χ1v) is 6.26. The topological polar surface area (TPSA) is 50.4 Å². The molecule has 4 atom stereocenters. The average molecular weight is 226 g/mol. The molecule has 0 bridgehead atoms. The van der Waals surface area contributed by atoms with Crippen LogP contribution in [0.15, 0.2) is 0 Å². The Morgan fingerprint density at radius 2 is 2.19 bits per heavy atom. The summed E-state index contributed by atoms with van der Waals surface area (Å²) in [6, 6.07) is 0.227. The Kier molecular flexibility index (Phi) is 3.82. The summed E-state index contributed by atoms with van der Waals surface area (Å²) in [4.78, 5) is 12.1. The molecule has 2 N–H and O–H groups in total. The molecule has 0 aromatic carbocycles. The van der Waals surface area contributed by atoms with Gasteiger partial charge in [0.2, 0.25) is 5.91 Å². The number of hydrogen-bond acceptors (Lipinski definition) is 3. The molecule has 0 aromatic heterocycles. The highest BCUT2D eigenvalue weighted by Gasteiger charge is 2.34. The molecular weight excluding hydrogens is 204 g/mol. The van der Waals surface area contributed by atoms with Gasteiger partial charge in [-0.25, -0.2) is 0 Å². The number of amides is 1. The second-order valence-corrected chi connectivity index (χ2v) is 5.06. The quantitative estimate of drug-likeness (QED) is 0.738. The largest absolute Gasteiger partial charge is 0.379 e. The standard InChI is InChI=1S/C12H22N2O2/c1-8-6-13-7-9(8)12(15)14-10-4-3-5-11(10)16-2/h8-11,13H,3-7H2,1-2H3,(H,14,15)/t8-,9-,10?,11?/m1/s1. The minimum Gasteiger partial charge on any atom is -0.379 e. The summed E-state index contributed by atoms with van der Waals surface area (Å²) >= 11 is 0. The number of carbonyl (C=O) groups is 1. The van der Waals surface area contributed by atoms with Crippen molar-refractivity contribution in [1.82, 2.24) is 10.6 Å². The van der Waals surface area contributed by atoms with Gasteiger partial charge < -0.3 is 15.4 Å². The molecule has 0 radical (unpaired) electrons. The minimum atomic E-state index is 0.137. The summed E-state index contributed by atoms with van der Waals surface area (Å²) in [5.41, 5.74) is 0. The fraction of sp³-hybridized carbons (Fsp3) is 0.917. The van der Waals surface area contributed by atoms with Crippen LogP contribution in [0.2, 0.25) is 0 Å². The Hall–Kier alpha value is -0.610. The van der Waals surface area contributed by atoms with E-state index in [0.717, 1.165) is 32.4 Å². The zero-order valence-corrected chi connectivity index (χ0v) is 10.2. The van der Waals surface area contributed by atoms with Crippen molar-refractivity contribution in [2.24, 2.45) is 11.8 Å². The maximum Gasteiger partial charge on any atom is 0.225 e. The molecule has 0 spiro atoms. The van der Waals surface area contributed by atoms with Gasteiger partial charge in [0, 0.05) is 13.7 Å². The summed E-state index contributed by atoms with van der Waals surface area (Å²) in [6.07, 6.45) is 3.49. The van der Waals surface area contributed by atoms with E-state index in [1.807, 2.05) is 0 Å². The fourth-order valence-electron chi connectivity index (χ4n) is 2.82. The van der Waals surface area contributed by atoms with Gasteiger partial charge in [0.15, 0.2) is 0 Å². The predicted molar refractivity (Wildman–Crippen MR) is 62.1 cm³/mol. The van der Waals surface area contributed by atoms with Crippen LogP contribution in [0.4, 0.5) is 0 Å². The number of ether oxygens (including phenoxy) is 1. The van der Waals surface area contributed by atoms with Gasteiger partial charge in [0.25, 0.3) is 0 Å². The number of carbonyl (C=O) groups excluding carboxylic acids is 1. The molecule has 16 heavy (non-hydrogen) atoms. The summed E-state index contributed by atoms with van der Waals surface area (Å²) in [5.74, 6) is 0.784. The molecule has 0 aromatic rings. The average Bonchev–Trinajstić information content (AvgIpc) is 2.86. The van der Waals surface area contributed by atoms with Gasteiger partial charge in [0.05, 0.1) is 18.1 Å². The Balaban J connectivity index is 1.86. The molecule has 4 nitrogen and oxygen atoms in total. The normalized spacial score (nSPS) is 38.9. The van der Waals surface area contributed by atoms with E-state index in [9.17, 15) is 4.79 Å². The van der Waals surface area contributed by atoms with E-state index in [0.29, 0.717) is 5.92 Å². The first-order valence-electron chi connectivity index (χ1n) is 6.26. The number of hydrogen-bond donors (Lipinski definition) is 2. The minimum absolute atomic E-state index is 0.137. The number of methoxy groups -OCH3 is 1. The van der Waals surface area contributed by atoms with Crippen LogP contribution >= 0.6 is 0 Å². The second-order valence-electron chi connectivity index (χ2n) is 5.06. The fourth-order valence-corrected chi connectivity index (χ4v) is 2.82. The molecular formula is C12H22N2O2. The number of nitrogens with one attached hydrogen (secondary N) is 2. The van der Waals surface area contributed by atoms with Crippen LogP contribution in [0.3, 0.4) is 0 Å². The van der Waals surface area contributed by atoms with E-state index >= 15 is 0 Å². The lowest BCUT2D eigenvalue weighted by atomic mass is 9.97. The van der Waals surface area contributed by atoms with Gasteiger partial charge in [-0.05, 0) is 31.7 Å². The molecule has 4 heteroatoms. The highest BCUT2D eigenvalue weighted by atomic mass is 16.5. The Bertz CT molecular complexity index is 257. The maximum atomic E-state index is 12.1. The highest BCUT2D eigenvalue weighted by Crippen LogP contribution is 2.23. The van der Waals surface area contributed by atoms with Gasteiger partial charge in [0.1, 0.15) is 0 Å². The van der Waals surface area contributed by atoms with Crippen LogP contribution in [0.5, 0.6) is 0 Å². The summed E-state index contributed by atoms with van der Waals surface area (Å²) in [5, 5.41) is 6.41. The molecule has 92 valence electrons. The highest BCUT2D eigenvalue weighted by molar-refractivity contribution is 5.80. The van der Waals surface area contributed by atoms with Crippen molar-refractivity contribution < 1.29 is 9.53 Å². The molecule has 2 aliphatic rings. The van der Waals surface area contributed by atoms with E-state index in [2.05, 4.69) is 17.6 Å². The van der Waals surface area contributed by atoms with Gasteiger partial charge in [-0.1, -0.05) is 6.92 Å². The van der Waals surface area contributed by atoms with E-state index in [1.54, 1.807) is 7.11 Å². The lowest BCUT2D eigenvalue weighted by molar-refractivity contribution is -0.126. The molecule has 1 saturated carbocycles. The smallest absolute Gasteiger partial charge is 0.225 e. The third kappa shape index (κ3) is 2.38. The molecule has 1 saturated heterocycles. The van der Waals surface area contributed by atoms with Gasteiger partial charge in [-0.3, -0.25) is 4.79 Å². The SMILES string of the molecule is COC1CCCC1NC(=O)[C@@H]1CNC[C@H]1C. The van der Waals surface area contributed by atoms with Crippen molar-refractivity contribution in [3.63, 3.8) is 0 Å². The van der Waals surface area contributed by atoms with Crippen molar-refractivity contribution in [3.05, 3.63) is 0 Å². The van der Waals surface area contributed by atoms with Crippen molar-refractivity contribution in [1.29, 1.82) is 0 Å². The van der Waals surface area contributed by atoms with Gasteiger partial charge in [-0.2, -0.15) is 0 Å². The van der Waals surface area contributed by atoms with Crippen LogP contribution in [-0.2, 0) is 9.53 Å². The molecule has 2 unspecified atom stereocenters. The lowest BCUT2D eigenvalue weighted by Gasteiger charge is -2.22. The molecule has 1 aliphatic heterocycles. The van der Waals surface area contributed by atoms with Crippen molar-refractivity contribution >= 4 is 5.91 Å². The van der Waals surface area contributed by atoms with Crippen LogP contribution < -0.4 is 10.6 Å². The first-order chi connectivity index (χ1) is 7.72. The lowest BCUT2D eigenvalue weighted by Crippen LogP contribution is -2.45. The van der Waals surface area contributed by atoms with Crippen LogP contribution in [-0.4, -0.2) is 38.3 Å². The summed E-state index contributed by atoms with van der Waals surface area (Å²) in [6.45, 7) is 3.90. The third-order valence-electron chi connectivity index (χ3n) is 3.94. The van der Waals surface area contributed by atoms with E-state index in [4.69, 9.17) is 4.74 Å². The molecule has 1 amide bonds. The van der Waals surface area contributed by atoms with Crippen LogP contribution in [0.25, 0.3) is 0 Å². The Labute approximate surface area is 97.1 Å². The van der Waals surface area contributed by atoms with E-state index < -0.39 is 0 Å². The third-order valence-corrected chi connectivity index (χ3v) is 3.94. The van der Waals surface area contributed by atoms with Crippen LogP contribution in [0.1, 0.15) is 26.2 Å². The first kappa shape index (κ1) is 11.9. The van der Waals surface area contributed by atoms with Crippen molar-refractivity contribution in [2.75, 3.05) is 20.2 Å². The molecule has 2 rings (SSSR count).